The van der Waals surface area contributed by atoms with Gasteiger partial charge in [-0.15, -0.1) is 5.10 Å². The molecule has 6 nitrogen and oxygen atoms in total. The lowest BCUT2D eigenvalue weighted by Crippen LogP contribution is -2.25. The summed E-state index contributed by atoms with van der Waals surface area (Å²) >= 11 is 0. The Kier molecular flexibility index (Phi) is 3.60. The summed E-state index contributed by atoms with van der Waals surface area (Å²) in [6.45, 7) is 0. The Hall–Kier alpha value is -3.15. The molecule has 0 saturated carbocycles. The van der Waals surface area contributed by atoms with Crippen LogP contribution in [0.5, 0.6) is 0 Å². The first kappa shape index (κ1) is 12.9. The van der Waals surface area contributed by atoms with Gasteiger partial charge in [0.25, 0.3) is 0 Å². The van der Waals surface area contributed by atoms with Crippen molar-refractivity contribution in [2.45, 2.75) is 0 Å². The predicted octanol–water partition coefficient (Wildman–Crippen LogP) is 2.61. The Bertz CT molecular complexity index is 726. The molecule has 0 radical (unpaired) electrons. The standard InChI is InChI=1S/C15H12N4O2/c20-15(17-12-6-2-1-3-7-12)21-19-11-9-14(18-19)13-8-4-5-10-16-13/h1-11H,(H,17,20). The summed E-state index contributed by atoms with van der Waals surface area (Å²) in [5.74, 6) is 0. The highest BCUT2D eigenvalue weighted by Gasteiger charge is 2.08. The zero-order chi connectivity index (χ0) is 14.5. The molecule has 21 heavy (non-hydrogen) atoms. The van der Waals surface area contributed by atoms with Gasteiger partial charge in [-0.3, -0.25) is 15.1 Å². The number of anilines is 1. The van der Waals surface area contributed by atoms with E-state index in [1.54, 1.807) is 30.6 Å². The highest BCUT2D eigenvalue weighted by atomic mass is 16.7. The Labute approximate surface area is 121 Å². The molecule has 1 amide bonds. The summed E-state index contributed by atoms with van der Waals surface area (Å²) in [6.07, 6.45) is 2.61. The number of hydrogen-bond acceptors (Lipinski definition) is 4. The van der Waals surface area contributed by atoms with E-state index in [1.807, 2.05) is 36.4 Å². The number of carbonyl (C=O) groups is 1. The van der Waals surface area contributed by atoms with Crippen LogP contribution in [-0.2, 0) is 0 Å². The van der Waals surface area contributed by atoms with Crippen molar-refractivity contribution in [1.82, 2.24) is 14.9 Å². The molecular formula is C15H12N4O2. The first-order valence-electron chi connectivity index (χ1n) is 6.33. The summed E-state index contributed by atoms with van der Waals surface area (Å²) in [5, 5.41) is 6.74. The maximum absolute atomic E-state index is 11.7. The number of amides is 1. The molecule has 0 unspecified atom stereocenters. The van der Waals surface area contributed by atoms with E-state index in [0.29, 0.717) is 17.1 Å². The van der Waals surface area contributed by atoms with E-state index in [-0.39, 0.29) is 0 Å². The highest BCUT2D eigenvalue weighted by molar-refractivity contribution is 5.84. The van der Waals surface area contributed by atoms with Crippen LogP contribution in [0.15, 0.2) is 67.0 Å². The van der Waals surface area contributed by atoms with E-state index in [2.05, 4.69) is 15.4 Å². The van der Waals surface area contributed by atoms with Gasteiger partial charge in [-0.1, -0.05) is 29.1 Å². The summed E-state index contributed by atoms with van der Waals surface area (Å²) in [5.41, 5.74) is 1.99. The number of carbonyl (C=O) groups excluding carboxylic acids is 1. The number of nitrogens with one attached hydrogen (secondary N) is 1. The SMILES string of the molecule is O=C(Nc1ccccc1)On1ccc(-c2ccccn2)n1. The van der Waals surface area contributed by atoms with Crippen LogP contribution in [0.2, 0.25) is 0 Å². The number of nitrogens with zero attached hydrogens (tertiary/aromatic N) is 3. The Morgan fingerprint density at radius 1 is 1.00 bits per heavy atom. The molecule has 0 aliphatic heterocycles. The van der Waals surface area contributed by atoms with Gasteiger partial charge in [-0.25, -0.2) is 4.79 Å². The fourth-order valence-corrected chi connectivity index (χ4v) is 1.76. The highest BCUT2D eigenvalue weighted by Crippen LogP contribution is 2.12. The summed E-state index contributed by atoms with van der Waals surface area (Å²) < 4.78 is 0. The molecule has 0 spiro atoms. The Balaban J connectivity index is 1.66. The fourth-order valence-electron chi connectivity index (χ4n) is 1.76. The summed E-state index contributed by atoms with van der Waals surface area (Å²) in [7, 11) is 0. The van der Waals surface area contributed by atoms with Crippen molar-refractivity contribution >= 4 is 11.8 Å². The van der Waals surface area contributed by atoms with Crippen molar-refractivity contribution in [2.24, 2.45) is 0 Å². The molecular weight excluding hydrogens is 268 g/mol. The number of hydrogen-bond donors (Lipinski definition) is 1. The number of aromatic nitrogens is 3. The maximum Gasteiger partial charge on any atom is 0.437 e. The molecule has 2 aromatic heterocycles. The molecule has 0 fully saturated rings. The third-order valence-corrected chi connectivity index (χ3v) is 2.69. The van der Waals surface area contributed by atoms with Crippen LogP contribution in [0.4, 0.5) is 10.5 Å². The van der Waals surface area contributed by atoms with Gasteiger partial charge in [0, 0.05) is 11.9 Å². The lowest BCUT2D eigenvalue weighted by atomic mass is 10.3. The molecule has 6 heteroatoms. The van der Waals surface area contributed by atoms with Crippen LogP contribution in [0, 0.1) is 0 Å². The van der Waals surface area contributed by atoms with E-state index < -0.39 is 6.09 Å². The van der Waals surface area contributed by atoms with E-state index in [9.17, 15) is 4.79 Å². The minimum atomic E-state index is -0.614. The molecule has 2 heterocycles. The monoisotopic (exact) mass is 280 g/mol. The molecule has 0 aliphatic rings. The molecule has 0 bridgehead atoms. The normalized spacial score (nSPS) is 10.1. The van der Waals surface area contributed by atoms with E-state index >= 15 is 0 Å². The van der Waals surface area contributed by atoms with E-state index in [4.69, 9.17) is 4.84 Å². The quantitative estimate of drug-likeness (QED) is 0.800. The van der Waals surface area contributed by atoms with Crippen LogP contribution >= 0.6 is 0 Å². The number of para-hydroxylation sites is 1. The van der Waals surface area contributed by atoms with Crippen molar-refractivity contribution in [3.8, 4) is 11.4 Å². The van der Waals surface area contributed by atoms with Crippen molar-refractivity contribution in [1.29, 1.82) is 0 Å². The molecule has 3 aromatic rings. The van der Waals surface area contributed by atoms with Gasteiger partial charge in [0.15, 0.2) is 0 Å². The fraction of sp³-hybridized carbons (Fsp3) is 0. The molecule has 0 aliphatic carbocycles. The van der Waals surface area contributed by atoms with Gasteiger partial charge in [-0.2, -0.15) is 0 Å². The maximum atomic E-state index is 11.7. The lowest BCUT2D eigenvalue weighted by Gasteiger charge is -2.04. The van der Waals surface area contributed by atoms with Crippen LogP contribution in [-0.4, -0.2) is 21.0 Å². The molecule has 0 atom stereocenters. The number of benzene rings is 1. The minimum absolute atomic E-state index is 0.614. The third kappa shape index (κ3) is 3.24. The van der Waals surface area contributed by atoms with Crippen LogP contribution in [0.3, 0.4) is 0 Å². The topological polar surface area (TPSA) is 69.0 Å². The zero-order valence-electron chi connectivity index (χ0n) is 11.0. The smallest absolute Gasteiger partial charge is 0.299 e. The predicted molar refractivity (Wildman–Crippen MR) is 77.5 cm³/mol. The van der Waals surface area contributed by atoms with Gasteiger partial charge in [0.1, 0.15) is 5.69 Å². The van der Waals surface area contributed by atoms with Gasteiger partial charge < -0.3 is 0 Å². The largest absolute Gasteiger partial charge is 0.437 e. The average molecular weight is 280 g/mol. The molecule has 104 valence electrons. The van der Waals surface area contributed by atoms with Gasteiger partial charge in [0.2, 0.25) is 0 Å². The zero-order valence-corrected chi connectivity index (χ0v) is 11.0. The van der Waals surface area contributed by atoms with E-state index in [1.165, 1.54) is 0 Å². The van der Waals surface area contributed by atoms with E-state index in [0.717, 1.165) is 4.85 Å². The third-order valence-electron chi connectivity index (χ3n) is 2.69. The summed E-state index contributed by atoms with van der Waals surface area (Å²) in [4.78, 5) is 22.0. The van der Waals surface area contributed by atoms with Gasteiger partial charge in [0.05, 0.1) is 11.9 Å². The van der Waals surface area contributed by atoms with Crippen LogP contribution in [0.25, 0.3) is 11.4 Å². The van der Waals surface area contributed by atoms with Crippen molar-refractivity contribution in [3.05, 3.63) is 67.0 Å². The lowest BCUT2D eigenvalue weighted by molar-refractivity contribution is 0.130. The van der Waals surface area contributed by atoms with Crippen LogP contribution < -0.4 is 10.2 Å². The summed E-state index contributed by atoms with van der Waals surface area (Å²) in [6, 6.07) is 16.3. The second-order valence-electron chi connectivity index (χ2n) is 4.19. The minimum Gasteiger partial charge on any atom is -0.299 e. The van der Waals surface area contributed by atoms with Crippen molar-refractivity contribution in [3.63, 3.8) is 0 Å². The first-order chi connectivity index (χ1) is 10.3. The van der Waals surface area contributed by atoms with Crippen LogP contribution in [0.1, 0.15) is 0 Å². The average Bonchev–Trinajstić information content (AvgIpc) is 2.97. The molecule has 1 aromatic carbocycles. The number of pyridine rings is 1. The van der Waals surface area contributed by atoms with Gasteiger partial charge >= 0.3 is 6.09 Å². The molecule has 0 saturated heterocycles. The first-order valence-corrected chi connectivity index (χ1v) is 6.33. The van der Waals surface area contributed by atoms with Crippen molar-refractivity contribution < 1.29 is 9.63 Å². The Morgan fingerprint density at radius 2 is 1.81 bits per heavy atom. The van der Waals surface area contributed by atoms with Crippen molar-refractivity contribution in [2.75, 3.05) is 5.32 Å². The number of rotatable bonds is 3. The second-order valence-corrected chi connectivity index (χ2v) is 4.19. The van der Waals surface area contributed by atoms with Gasteiger partial charge in [-0.05, 0) is 30.3 Å². The molecule has 3 rings (SSSR count). The molecule has 1 N–H and O–H groups in total. The Morgan fingerprint density at radius 3 is 2.57 bits per heavy atom. The second kappa shape index (κ2) is 5.87.